The van der Waals surface area contributed by atoms with Crippen LogP contribution in [0, 0.1) is 11.7 Å². The first-order valence-corrected chi connectivity index (χ1v) is 6.29. The summed E-state index contributed by atoms with van der Waals surface area (Å²) in [5.74, 6) is -0.0100. The standard InChI is InChI=1S/C11H12BrFN2O/c12-5-8-3-4-15(7-8)11(16)10-2-1-9(13)6-14-10/h1-2,6,8H,3-5,7H2. The van der Waals surface area contributed by atoms with E-state index in [-0.39, 0.29) is 5.91 Å². The Labute approximate surface area is 102 Å². The van der Waals surface area contributed by atoms with Gasteiger partial charge in [-0.05, 0) is 24.5 Å². The lowest BCUT2D eigenvalue weighted by molar-refractivity contribution is 0.0782. The molecule has 0 aliphatic carbocycles. The van der Waals surface area contributed by atoms with Crippen molar-refractivity contribution in [1.82, 2.24) is 9.88 Å². The van der Waals surface area contributed by atoms with E-state index in [4.69, 9.17) is 0 Å². The number of rotatable bonds is 2. The molecule has 1 aliphatic rings. The molecule has 3 nitrogen and oxygen atoms in total. The van der Waals surface area contributed by atoms with Crippen molar-refractivity contribution in [3.8, 4) is 0 Å². The summed E-state index contributed by atoms with van der Waals surface area (Å²) in [4.78, 5) is 17.5. The molecule has 5 heteroatoms. The van der Waals surface area contributed by atoms with Gasteiger partial charge in [-0.3, -0.25) is 4.79 Å². The number of halogens is 2. The van der Waals surface area contributed by atoms with Crippen LogP contribution in [0.5, 0.6) is 0 Å². The molecule has 86 valence electrons. The maximum Gasteiger partial charge on any atom is 0.272 e. The number of aromatic nitrogens is 1. The quantitative estimate of drug-likeness (QED) is 0.780. The summed E-state index contributed by atoms with van der Waals surface area (Å²) < 4.78 is 12.7. The number of hydrogen-bond donors (Lipinski definition) is 0. The van der Waals surface area contributed by atoms with Gasteiger partial charge < -0.3 is 4.90 Å². The molecule has 0 N–H and O–H groups in total. The maximum atomic E-state index is 12.7. The first-order valence-electron chi connectivity index (χ1n) is 5.17. The number of nitrogens with zero attached hydrogens (tertiary/aromatic N) is 2. The molecule has 0 spiro atoms. The zero-order chi connectivity index (χ0) is 11.5. The van der Waals surface area contributed by atoms with Gasteiger partial charge in [-0.15, -0.1) is 0 Å². The van der Waals surface area contributed by atoms with E-state index in [1.54, 1.807) is 4.90 Å². The molecule has 0 saturated carbocycles. The number of likely N-dealkylation sites (tertiary alicyclic amines) is 1. The maximum absolute atomic E-state index is 12.7. The monoisotopic (exact) mass is 286 g/mol. The van der Waals surface area contributed by atoms with E-state index in [0.717, 1.165) is 31.0 Å². The molecule has 1 amide bonds. The minimum Gasteiger partial charge on any atom is -0.337 e. The predicted molar refractivity (Wildman–Crippen MR) is 62.0 cm³/mol. The summed E-state index contributed by atoms with van der Waals surface area (Å²) in [5, 5.41) is 0.910. The van der Waals surface area contributed by atoms with Crippen LogP contribution in [0.4, 0.5) is 4.39 Å². The molecule has 2 heterocycles. The molecule has 0 bridgehead atoms. The minimum atomic E-state index is -0.420. The van der Waals surface area contributed by atoms with E-state index >= 15 is 0 Å². The fourth-order valence-electron chi connectivity index (χ4n) is 1.81. The molecule has 0 aromatic carbocycles. The lowest BCUT2D eigenvalue weighted by atomic mass is 10.2. The molecule has 1 aromatic rings. The summed E-state index contributed by atoms with van der Waals surface area (Å²) in [6.45, 7) is 1.51. The third-order valence-corrected chi connectivity index (χ3v) is 3.65. The first kappa shape index (κ1) is 11.5. The Morgan fingerprint density at radius 2 is 2.44 bits per heavy atom. The number of pyridine rings is 1. The summed E-state index contributed by atoms with van der Waals surface area (Å²) in [6, 6.07) is 2.69. The topological polar surface area (TPSA) is 33.2 Å². The van der Waals surface area contributed by atoms with Crippen molar-refractivity contribution in [2.24, 2.45) is 5.92 Å². The van der Waals surface area contributed by atoms with Crippen LogP contribution >= 0.6 is 15.9 Å². The van der Waals surface area contributed by atoms with Crippen molar-refractivity contribution < 1.29 is 9.18 Å². The number of amides is 1. The van der Waals surface area contributed by atoms with Gasteiger partial charge in [0.2, 0.25) is 0 Å². The van der Waals surface area contributed by atoms with Gasteiger partial charge >= 0.3 is 0 Å². The second kappa shape index (κ2) is 4.91. The van der Waals surface area contributed by atoms with E-state index in [2.05, 4.69) is 20.9 Å². The SMILES string of the molecule is O=C(c1ccc(F)cn1)N1CCC(CBr)C1. The predicted octanol–water partition coefficient (Wildman–Crippen LogP) is 2.08. The Bertz CT molecular complexity index is 382. The molecule has 1 saturated heterocycles. The van der Waals surface area contributed by atoms with Crippen LogP contribution in [0.1, 0.15) is 16.9 Å². The van der Waals surface area contributed by atoms with Crippen LogP contribution in [-0.4, -0.2) is 34.2 Å². The van der Waals surface area contributed by atoms with Gasteiger partial charge in [-0.1, -0.05) is 15.9 Å². The van der Waals surface area contributed by atoms with Crippen molar-refractivity contribution in [1.29, 1.82) is 0 Å². The minimum absolute atomic E-state index is 0.108. The van der Waals surface area contributed by atoms with E-state index in [1.165, 1.54) is 12.1 Å². The molecule has 1 aliphatic heterocycles. The van der Waals surface area contributed by atoms with Crippen molar-refractivity contribution in [2.45, 2.75) is 6.42 Å². The van der Waals surface area contributed by atoms with Gasteiger partial charge in [-0.2, -0.15) is 0 Å². The summed E-state index contributed by atoms with van der Waals surface area (Å²) >= 11 is 3.42. The first-order chi connectivity index (χ1) is 7.70. The van der Waals surface area contributed by atoms with Crippen LogP contribution < -0.4 is 0 Å². The van der Waals surface area contributed by atoms with E-state index < -0.39 is 5.82 Å². The molecule has 0 radical (unpaired) electrons. The highest BCUT2D eigenvalue weighted by Gasteiger charge is 2.26. The number of carbonyl (C=O) groups is 1. The van der Waals surface area contributed by atoms with Gasteiger partial charge in [0.1, 0.15) is 11.5 Å². The van der Waals surface area contributed by atoms with Gasteiger partial charge in [0.25, 0.3) is 5.91 Å². The van der Waals surface area contributed by atoms with Crippen molar-refractivity contribution in [3.63, 3.8) is 0 Å². The summed E-state index contributed by atoms with van der Waals surface area (Å²) in [6.07, 6.45) is 2.09. The Hall–Kier alpha value is -0.970. The molecule has 1 fully saturated rings. The fraction of sp³-hybridized carbons (Fsp3) is 0.455. The van der Waals surface area contributed by atoms with Crippen molar-refractivity contribution in [3.05, 3.63) is 29.8 Å². The second-order valence-corrected chi connectivity index (χ2v) is 4.57. The number of carbonyl (C=O) groups excluding carboxylic acids is 1. The zero-order valence-electron chi connectivity index (χ0n) is 8.70. The van der Waals surface area contributed by atoms with E-state index in [1.807, 2.05) is 0 Å². The van der Waals surface area contributed by atoms with E-state index in [9.17, 15) is 9.18 Å². The Morgan fingerprint density at radius 1 is 1.62 bits per heavy atom. The molecular formula is C11H12BrFN2O. The summed E-state index contributed by atoms with van der Waals surface area (Å²) in [7, 11) is 0. The smallest absolute Gasteiger partial charge is 0.272 e. The third kappa shape index (κ3) is 2.40. The van der Waals surface area contributed by atoms with Gasteiger partial charge in [0.15, 0.2) is 0 Å². The van der Waals surface area contributed by atoms with Gasteiger partial charge in [-0.25, -0.2) is 9.37 Å². The van der Waals surface area contributed by atoms with Crippen LogP contribution in [0.25, 0.3) is 0 Å². The highest BCUT2D eigenvalue weighted by atomic mass is 79.9. The van der Waals surface area contributed by atoms with E-state index in [0.29, 0.717) is 11.6 Å². The van der Waals surface area contributed by atoms with Crippen LogP contribution in [0.15, 0.2) is 18.3 Å². The molecule has 1 aromatic heterocycles. The van der Waals surface area contributed by atoms with Crippen LogP contribution in [0.3, 0.4) is 0 Å². The Morgan fingerprint density at radius 3 is 3.00 bits per heavy atom. The highest BCUT2D eigenvalue weighted by Crippen LogP contribution is 2.19. The van der Waals surface area contributed by atoms with Crippen LogP contribution in [0.2, 0.25) is 0 Å². The Balaban J connectivity index is 2.05. The summed E-state index contributed by atoms with van der Waals surface area (Å²) in [5.41, 5.74) is 0.316. The van der Waals surface area contributed by atoms with Crippen molar-refractivity contribution >= 4 is 21.8 Å². The number of alkyl halides is 1. The Kier molecular flexibility index (Phi) is 3.53. The average Bonchev–Trinajstić information content (AvgIpc) is 2.77. The molecule has 2 rings (SSSR count). The highest BCUT2D eigenvalue weighted by molar-refractivity contribution is 9.09. The fourth-order valence-corrected chi connectivity index (χ4v) is 2.34. The molecule has 16 heavy (non-hydrogen) atoms. The molecule has 1 atom stereocenters. The molecule has 1 unspecified atom stereocenters. The van der Waals surface area contributed by atoms with Gasteiger partial charge in [0, 0.05) is 18.4 Å². The second-order valence-electron chi connectivity index (χ2n) is 3.92. The number of hydrogen-bond acceptors (Lipinski definition) is 2. The lowest BCUT2D eigenvalue weighted by Crippen LogP contribution is -2.29. The third-order valence-electron chi connectivity index (χ3n) is 2.74. The normalized spacial score (nSPS) is 20.1. The lowest BCUT2D eigenvalue weighted by Gasteiger charge is -2.15. The van der Waals surface area contributed by atoms with Crippen LogP contribution in [-0.2, 0) is 0 Å². The van der Waals surface area contributed by atoms with Gasteiger partial charge in [0.05, 0.1) is 6.20 Å². The average molecular weight is 287 g/mol. The van der Waals surface area contributed by atoms with Crippen molar-refractivity contribution in [2.75, 3.05) is 18.4 Å². The largest absolute Gasteiger partial charge is 0.337 e. The molecular weight excluding hydrogens is 275 g/mol. The zero-order valence-corrected chi connectivity index (χ0v) is 10.3.